The van der Waals surface area contributed by atoms with E-state index in [-0.39, 0.29) is 26.5 Å². The van der Waals surface area contributed by atoms with Crippen LogP contribution in [0.1, 0.15) is 71.2 Å². The first-order valence-electron chi connectivity index (χ1n) is 18.9. The van der Waals surface area contributed by atoms with Gasteiger partial charge in [-0.1, -0.05) is 124 Å². The van der Waals surface area contributed by atoms with Gasteiger partial charge in [0.2, 0.25) is 5.88 Å². The summed E-state index contributed by atoms with van der Waals surface area (Å²) in [5.74, 6) is 1.12. The third-order valence-electron chi connectivity index (χ3n) is 11.5. The average molecular weight is 902 g/mol. The number of rotatable bonds is 6. The molecule has 0 bridgehead atoms. The molecular weight excluding hydrogens is 864 g/mol. The molecule has 0 spiro atoms. The number of fused-ring (bicyclic) bond motifs is 6. The average Bonchev–Trinajstić information content (AvgIpc) is 3.70. The van der Waals surface area contributed by atoms with Crippen molar-refractivity contribution in [1.29, 1.82) is 0 Å². The summed E-state index contributed by atoms with van der Waals surface area (Å²) in [6, 6.07) is 68.9. The van der Waals surface area contributed by atoms with Gasteiger partial charge < -0.3 is 4.74 Å². The number of hydrogen-bond acceptors (Lipinski definition) is 3. The van der Waals surface area contributed by atoms with Crippen LogP contribution in [0.4, 0.5) is 0 Å². The van der Waals surface area contributed by atoms with Gasteiger partial charge in [0.25, 0.3) is 0 Å². The van der Waals surface area contributed by atoms with Crippen LogP contribution in [-0.4, -0.2) is 9.97 Å². The Kier molecular flexibility index (Phi) is 8.75. The van der Waals surface area contributed by atoms with Crippen molar-refractivity contribution in [3.05, 3.63) is 239 Å². The largest absolute Gasteiger partial charge is 2.00 e. The molecule has 0 saturated carbocycles. The number of ether oxygens (including phenoxy) is 1. The molecule has 10 rings (SSSR count). The zero-order valence-electron chi connectivity index (χ0n) is 31.4. The number of pyridine rings is 2. The second-order valence-electron chi connectivity index (χ2n) is 15.5. The van der Waals surface area contributed by atoms with Crippen LogP contribution < -0.4 is 4.74 Å². The topological polar surface area (TPSA) is 35.0 Å². The Morgan fingerprint density at radius 3 is 1.45 bits per heavy atom. The van der Waals surface area contributed by atoms with Crippen LogP contribution in [0.2, 0.25) is 0 Å². The summed E-state index contributed by atoms with van der Waals surface area (Å²) in [4.78, 5) is 11.4. The molecule has 2 heterocycles. The summed E-state index contributed by atoms with van der Waals surface area (Å²) < 4.78 is 6.38. The fourth-order valence-electron chi connectivity index (χ4n) is 9.07. The van der Waals surface area contributed by atoms with Crippen molar-refractivity contribution >= 4 is 0 Å². The predicted molar refractivity (Wildman–Crippen MR) is 220 cm³/mol. The van der Waals surface area contributed by atoms with Gasteiger partial charge >= 0.3 is 21.1 Å². The van der Waals surface area contributed by atoms with Crippen molar-refractivity contribution < 1.29 is 25.8 Å². The predicted octanol–water partition coefficient (Wildman–Crippen LogP) is 11.9. The molecule has 4 heteroatoms. The fraction of sp³-hybridized carbons (Fsp3) is 0.115. The Hall–Kier alpha value is -5.89. The summed E-state index contributed by atoms with van der Waals surface area (Å²) in [6.45, 7) is 6.88. The van der Waals surface area contributed by atoms with E-state index in [0.29, 0.717) is 11.6 Å². The molecule has 3 nitrogen and oxygen atoms in total. The molecule has 0 unspecified atom stereocenters. The molecule has 0 fully saturated rings. The molecule has 0 N–H and O–H groups in total. The van der Waals surface area contributed by atoms with Gasteiger partial charge in [-0.25, -0.2) is 4.98 Å². The maximum Gasteiger partial charge on any atom is 2.00 e. The van der Waals surface area contributed by atoms with Gasteiger partial charge in [-0.3, -0.25) is 4.98 Å². The molecule has 0 aliphatic heterocycles. The number of nitrogens with zero attached hydrogens (tertiary/aromatic N) is 2. The molecule has 0 atom stereocenters. The van der Waals surface area contributed by atoms with Crippen LogP contribution in [0.3, 0.4) is 0 Å². The first kappa shape index (κ1) is 35.8. The van der Waals surface area contributed by atoms with E-state index in [1.54, 1.807) is 0 Å². The van der Waals surface area contributed by atoms with Crippen molar-refractivity contribution in [2.45, 2.75) is 37.0 Å². The molecule has 0 amide bonds. The van der Waals surface area contributed by atoms with Gasteiger partial charge in [-0.15, -0.1) is 17.7 Å². The summed E-state index contributed by atoms with van der Waals surface area (Å²) in [5, 5.41) is 0. The zero-order valence-corrected chi connectivity index (χ0v) is 33.6. The van der Waals surface area contributed by atoms with Crippen LogP contribution in [-0.2, 0) is 37.3 Å². The summed E-state index contributed by atoms with van der Waals surface area (Å²) in [6.07, 6.45) is 0. The normalized spacial score (nSPS) is 14.1. The molecular formula is C52H38N2OPt. The van der Waals surface area contributed by atoms with E-state index in [4.69, 9.17) is 14.7 Å². The zero-order chi connectivity index (χ0) is 37.2. The standard InChI is InChI=1S/C52H38N2O.Pt/c1-50(2,3)36-33-47(51(35-19-6-4-7-20-35)42-27-14-10-23-38(42)39-24-11-15-28-43(39)51)53-48(34-36)52(44-29-16-12-25-40(44)41-26-13-17-30-45(41)52)46-31-18-32-49(54-46)55-37-21-8-5-9-22-37;/h4-19,21,23-34H,1-3H3;/q-2;+2. The van der Waals surface area contributed by atoms with Crippen LogP contribution in [0, 0.1) is 12.1 Å². The van der Waals surface area contributed by atoms with Gasteiger partial charge in [-0.2, -0.15) is 48.5 Å². The smallest absolute Gasteiger partial charge is 0.466 e. The second-order valence-corrected chi connectivity index (χ2v) is 15.5. The molecule has 8 aromatic rings. The molecule has 2 aliphatic rings. The Bertz CT molecular complexity index is 2640. The van der Waals surface area contributed by atoms with Crippen LogP contribution in [0.15, 0.2) is 176 Å². The van der Waals surface area contributed by atoms with Crippen molar-refractivity contribution in [3.8, 4) is 33.9 Å². The quantitative estimate of drug-likeness (QED) is 0.156. The number of hydrogen-bond donors (Lipinski definition) is 0. The van der Waals surface area contributed by atoms with Crippen molar-refractivity contribution in [1.82, 2.24) is 9.97 Å². The Morgan fingerprint density at radius 2 is 0.946 bits per heavy atom. The number of aromatic nitrogens is 2. The minimum atomic E-state index is -0.873. The van der Waals surface area contributed by atoms with E-state index in [0.717, 1.165) is 33.8 Å². The molecule has 2 aromatic heterocycles. The number of benzene rings is 6. The Labute approximate surface area is 343 Å². The third kappa shape index (κ3) is 5.29. The third-order valence-corrected chi connectivity index (χ3v) is 11.5. The van der Waals surface area contributed by atoms with Crippen molar-refractivity contribution in [3.63, 3.8) is 0 Å². The molecule has 56 heavy (non-hydrogen) atoms. The maximum absolute atomic E-state index is 6.38. The monoisotopic (exact) mass is 901 g/mol. The molecule has 6 aromatic carbocycles. The minimum Gasteiger partial charge on any atom is -0.466 e. The van der Waals surface area contributed by atoms with Crippen molar-refractivity contribution in [2.75, 3.05) is 0 Å². The first-order valence-corrected chi connectivity index (χ1v) is 18.9. The Balaban J connectivity index is 0.00000410. The Morgan fingerprint density at radius 1 is 0.464 bits per heavy atom. The molecule has 272 valence electrons. The van der Waals surface area contributed by atoms with E-state index in [2.05, 4.69) is 160 Å². The van der Waals surface area contributed by atoms with Crippen molar-refractivity contribution in [2.24, 2.45) is 0 Å². The van der Waals surface area contributed by atoms with Gasteiger partial charge in [0.15, 0.2) is 0 Å². The SMILES string of the molecule is CC(C)(C)c1cc(C2(c3[c-]cccc3)c3ccccc3-c3ccccc32)nc(C2(c3cccc(Oc4[c-]cccc4)n3)c3ccccc3-c3ccccc32)c1.[Pt+2]. The minimum absolute atomic E-state index is 0. The van der Waals surface area contributed by atoms with E-state index < -0.39 is 10.8 Å². The van der Waals surface area contributed by atoms with E-state index in [1.165, 1.54) is 38.9 Å². The summed E-state index contributed by atoms with van der Waals surface area (Å²) in [7, 11) is 0. The fourth-order valence-corrected chi connectivity index (χ4v) is 9.07. The van der Waals surface area contributed by atoms with Crippen LogP contribution >= 0.6 is 0 Å². The van der Waals surface area contributed by atoms with Gasteiger partial charge in [0, 0.05) is 11.8 Å². The summed E-state index contributed by atoms with van der Waals surface area (Å²) >= 11 is 0. The molecule has 0 radical (unpaired) electrons. The van der Waals surface area contributed by atoms with E-state index in [9.17, 15) is 0 Å². The van der Waals surface area contributed by atoms with Crippen LogP contribution in [0.5, 0.6) is 11.6 Å². The van der Waals surface area contributed by atoms with Gasteiger partial charge in [0.05, 0.1) is 22.5 Å². The first-order chi connectivity index (χ1) is 26.9. The molecule has 2 aliphatic carbocycles. The maximum atomic E-state index is 6.38. The van der Waals surface area contributed by atoms with E-state index in [1.807, 2.05) is 48.5 Å². The van der Waals surface area contributed by atoms with Gasteiger partial charge in [-0.05, 0) is 73.7 Å². The van der Waals surface area contributed by atoms with Crippen LogP contribution in [0.25, 0.3) is 22.3 Å². The number of para-hydroxylation sites is 1. The van der Waals surface area contributed by atoms with E-state index >= 15 is 0 Å². The summed E-state index contributed by atoms with van der Waals surface area (Å²) in [5.41, 5.74) is 12.6. The second kappa shape index (κ2) is 13.7. The molecule has 0 saturated heterocycles. The van der Waals surface area contributed by atoms with Gasteiger partial charge in [0.1, 0.15) is 5.41 Å².